The first-order valence-corrected chi connectivity index (χ1v) is 10.7. The highest BCUT2D eigenvalue weighted by atomic mass is 16.5. The molecule has 1 aromatic rings. The number of carbonyl (C=O) groups is 2. The second kappa shape index (κ2) is 10.1. The zero-order chi connectivity index (χ0) is 20.8. The second-order valence-electron chi connectivity index (χ2n) is 8.25. The summed E-state index contributed by atoms with van der Waals surface area (Å²) in [6.45, 7) is 4.61. The van der Waals surface area contributed by atoms with Crippen LogP contribution in [0.15, 0.2) is 12.1 Å². The normalized spacial score (nSPS) is 18.1. The summed E-state index contributed by atoms with van der Waals surface area (Å²) in [5.74, 6) is 0.568. The van der Waals surface area contributed by atoms with Crippen LogP contribution in [0.2, 0.25) is 0 Å². The molecule has 0 radical (unpaired) electrons. The Morgan fingerprint density at radius 1 is 1.21 bits per heavy atom. The predicted octanol–water partition coefficient (Wildman–Crippen LogP) is 2.79. The maximum absolute atomic E-state index is 12.6. The monoisotopic (exact) mass is 404 g/mol. The minimum Gasteiger partial charge on any atom is -0.490 e. The van der Waals surface area contributed by atoms with E-state index in [4.69, 9.17) is 9.47 Å². The molecule has 3 N–H and O–H groups in total. The number of hydrogen-bond acceptors (Lipinski definition) is 6. The maximum Gasteiger partial charge on any atom is 0.314 e. The average Bonchev–Trinajstić information content (AvgIpc) is 2.72. The number of anilines is 1. The van der Waals surface area contributed by atoms with Crippen LogP contribution in [0, 0.1) is 5.92 Å². The summed E-state index contributed by atoms with van der Waals surface area (Å²) in [4.78, 5) is 24.5. The minimum absolute atomic E-state index is 0.0711. The molecule has 3 rings (SSSR count). The van der Waals surface area contributed by atoms with E-state index in [-0.39, 0.29) is 30.4 Å². The molecule has 1 aliphatic heterocycles. The third kappa shape index (κ3) is 5.93. The van der Waals surface area contributed by atoms with Crippen molar-refractivity contribution in [1.29, 1.82) is 0 Å². The van der Waals surface area contributed by atoms with E-state index in [1.54, 1.807) is 12.1 Å². The Balaban J connectivity index is 1.70. The number of nitrogens with one attached hydrogen (secondary N) is 2. The van der Waals surface area contributed by atoms with Gasteiger partial charge in [0.1, 0.15) is 18.5 Å². The van der Waals surface area contributed by atoms with Gasteiger partial charge < -0.3 is 25.2 Å². The molecule has 0 saturated heterocycles. The van der Waals surface area contributed by atoms with Crippen molar-refractivity contribution in [2.24, 2.45) is 5.92 Å². The Morgan fingerprint density at radius 2 is 1.93 bits per heavy atom. The van der Waals surface area contributed by atoms with Gasteiger partial charge in [0.15, 0.2) is 5.75 Å². The van der Waals surface area contributed by atoms with Crippen LogP contribution in [0.25, 0.3) is 0 Å². The minimum atomic E-state index is -0.643. The third-order valence-corrected chi connectivity index (χ3v) is 5.44. The smallest absolute Gasteiger partial charge is 0.314 e. The van der Waals surface area contributed by atoms with Gasteiger partial charge in [0.05, 0.1) is 11.6 Å². The quantitative estimate of drug-likeness (QED) is 0.455. The highest BCUT2D eigenvalue weighted by molar-refractivity contribution is 5.97. The Hall–Kier alpha value is -2.12. The van der Waals surface area contributed by atoms with E-state index in [9.17, 15) is 14.7 Å². The molecule has 160 valence electrons. The second-order valence-corrected chi connectivity index (χ2v) is 8.25. The van der Waals surface area contributed by atoms with Crippen LogP contribution >= 0.6 is 0 Å². The molecule has 0 bridgehead atoms. The summed E-state index contributed by atoms with van der Waals surface area (Å²) in [6.07, 6.45) is 5.19. The Morgan fingerprint density at radius 3 is 2.66 bits per heavy atom. The van der Waals surface area contributed by atoms with E-state index < -0.39 is 6.10 Å². The van der Waals surface area contributed by atoms with Crippen LogP contribution in [0.3, 0.4) is 0 Å². The van der Waals surface area contributed by atoms with Crippen molar-refractivity contribution >= 4 is 17.6 Å². The first kappa shape index (κ1) is 21.6. The van der Waals surface area contributed by atoms with Gasteiger partial charge in [0.2, 0.25) is 5.91 Å². The fourth-order valence-electron chi connectivity index (χ4n) is 3.80. The summed E-state index contributed by atoms with van der Waals surface area (Å²) in [7, 11) is 0. The molecule has 2 aliphatic rings. The number of benzene rings is 1. The van der Waals surface area contributed by atoms with E-state index in [2.05, 4.69) is 10.6 Å². The number of ether oxygens (including phenoxy) is 2. The van der Waals surface area contributed by atoms with Crippen molar-refractivity contribution in [2.75, 3.05) is 18.5 Å². The van der Waals surface area contributed by atoms with Crippen LogP contribution in [0.4, 0.5) is 5.69 Å². The SMILES string of the molecule is CC(C)NCC(O)COc1ccc(OC(=O)C2CCCCC2)c2c1CCC(=O)N2. The molecule has 1 aromatic carbocycles. The van der Waals surface area contributed by atoms with Crippen molar-refractivity contribution in [3.63, 3.8) is 0 Å². The molecule has 1 fully saturated rings. The van der Waals surface area contributed by atoms with E-state index >= 15 is 0 Å². The van der Waals surface area contributed by atoms with Crippen LogP contribution in [0.5, 0.6) is 11.5 Å². The summed E-state index contributed by atoms with van der Waals surface area (Å²) in [6, 6.07) is 3.70. The van der Waals surface area contributed by atoms with Gasteiger partial charge in [-0.05, 0) is 31.4 Å². The van der Waals surface area contributed by atoms with Crippen LogP contribution in [-0.4, -0.2) is 42.3 Å². The predicted molar refractivity (Wildman–Crippen MR) is 110 cm³/mol. The molecule has 1 unspecified atom stereocenters. The lowest BCUT2D eigenvalue weighted by Gasteiger charge is -2.25. The first-order chi connectivity index (χ1) is 13.9. The fraction of sp³-hybridized carbons (Fsp3) is 0.636. The number of esters is 1. The first-order valence-electron chi connectivity index (χ1n) is 10.7. The van der Waals surface area contributed by atoms with Crippen molar-refractivity contribution in [3.8, 4) is 11.5 Å². The average molecular weight is 405 g/mol. The standard InChI is InChI=1S/C22H32N2O5/c1-14(2)23-12-16(25)13-28-18-9-10-19(21-17(18)8-11-20(26)24-21)29-22(27)15-6-4-3-5-7-15/h9-10,14-16,23,25H,3-8,11-13H2,1-2H3,(H,24,26). The summed E-state index contributed by atoms with van der Waals surface area (Å²) >= 11 is 0. The molecule has 1 aliphatic carbocycles. The Kier molecular flexibility index (Phi) is 7.50. The number of carbonyl (C=O) groups excluding carboxylic acids is 2. The number of aliphatic hydroxyl groups is 1. The van der Waals surface area contributed by atoms with Gasteiger partial charge in [-0.1, -0.05) is 33.1 Å². The Labute approximate surface area is 172 Å². The number of fused-ring (bicyclic) bond motifs is 1. The molecule has 1 atom stereocenters. The molecule has 7 nitrogen and oxygen atoms in total. The van der Waals surface area contributed by atoms with Crippen molar-refractivity contribution in [2.45, 2.75) is 70.9 Å². The lowest BCUT2D eigenvalue weighted by atomic mass is 9.89. The highest BCUT2D eigenvalue weighted by Crippen LogP contribution is 2.39. The molecule has 7 heteroatoms. The van der Waals surface area contributed by atoms with Gasteiger partial charge in [-0.15, -0.1) is 0 Å². The van der Waals surface area contributed by atoms with Gasteiger partial charge in [-0.3, -0.25) is 9.59 Å². The van der Waals surface area contributed by atoms with Crippen LogP contribution in [0.1, 0.15) is 57.9 Å². The summed E-state index contributed by atoms with van der Waals surface area (Å²) in [5, 5.41) is 16.1. The molecule has 1 heterocycles. The van der Waals surface area contributed by atoms with E-state index in [0.29, 0.717) is 36.6 Å². The molecular weight excluding hydrogens is 372 g/mol. The third-order valence-electron chi connectivity index (χ3n) is 5.44. The van der Waals surface area contributed by atoms with Gasteiger partial charge in [0, 0.05) is 24.6 Å². The summed E-state index contributed by atoms with van der Waals surface area (Å²) in [5.41, 5.74) is 1.32. The van der Waals surface area contributed by atoms with Gasteiger partial charge in [-0.25, -0.2) is 0 Å². The topological polar surface area (TPSA) is 96.9 Å². The van der Waals surface area contributed by atoms with Crippen LogP contribution < -0.4 is 20.1 Å². The zero-order valence-electron chi connectivity index (χ0n) is 17.3. The molecular formula is C22H32N2O5. The number of rotatable bonds is 8. The fourth-order valence-corrected chi connectivity index (χ4v) is 3.80. The van der Waals surface area contributed by atoms with Crippen molar-refractivity contribution < 1.29 is 24.2 Å². The summed E-state index contributed by atoms with van der Waals surface area (Å²) < 4.78 is 11.5. The van der Waals surface area contributed by atoms with E-state index in [1.165, 1.54) is 6.42 Å². The lowest BCUT2D eigenvalue weighted by molar-refractivity contribution is -0.140. The molecule has 29 heavy (non-hydrogen) atoms. The molecule has 1 amide bonds. The molecule has 0 aromatic heterocycles. The van der Waals surface area contributed by atoms with Gasteiger partial charge >= 0.3 is 5.97 Å². The maximum atomic E-state index is 12.6. The van der Waals surface area contributed by atoms with Gasteiger partial charge in [-0.2, -0.15) is 0 Å². The number of amides is 1. The Bertz CT molecular complexity index is 728. The highest BCUT2D eigenvalue weighted by Gasteiger charge is 2.27. The van der Waals surface area contributed by atoms with Crippen LogP contribution in [-0.2, 0) is 16.0 Å². The largest absolute Gasteiger partial charge is 0.490 e. The molecule has 1 saturated carbocycles. The number of hydrogen-bond donors (Lipinski definition) is 3. The lowest BCUT2D eigenvalue weighted by Crippen LogP contribution is -2.35. The zero-order valence-corrected chi connectivity index (χ0v) is 17.3. The van der Waals surface area contributed by atoms with E-state index in [0.717, 1.165) is 31.2 Å². The number of aliphatic hydroxyl groups excluding tert-OH is 1. The van der Waals surface area contributed by atoms with E-state index in [1.807, 2.05) is 13.8 Å². The van der Waals surface area contributed by atoms with Crippen molar-refractivity contribution in [3.05, 3.63) is 17.7 Å². The van der Waals surface area contributed by atoms with Gasteiger partial charge in [0.25, 0.3) is 0 Å². The van der Waals surface area contributed by atoms with Crippen molar-refractivity contribution in [1.82, 2.24) is 5.32 Å². The molecule has 0 spiro atoms.